The van der Waals surface area contributed by atoms with E-state index in [1.165, 1.54) is 12.1 Å². The molecule has 0 fully saturated rings. The fraction of sp³-hybridized carbons (Fsp3) is 0.286. The molecule has 1 aromatic rings. The minimum absolute atomic E-state index is 0.00384. The van der Waals surface area contributed by atoms with Gasteiger partial charge in [-0.25, -0.2) is 8.78 Å². The molecule has 0 bridgehead atoms. The molecule has 1 atom stereocenters. The molecule has 2 N–H and O–H groups in total. The van der Waals surface area contributed by atoms with Gasteiger partial charge in [-0.2, -0.15) is 0 Å². The molecule has 0 aliphatic heterocycles. The average Bonchev–Trinajstić information content (AvgIpc) is 2.41. The second-order valence-corrected chi connectivity index (χ2v) is 4.18. The molecule has 0 aromatic heterocycles. The van der Waals surface area contributed by atoms with Crippen LogP contribution < -0.4 is 5.32 Å². The van der Waals surface area contributed by atoms with E-state index in [9.17, 15) is 18.4 Å². The van der Waals surface area contributed by atoms with E-state index in [0.717, 1.165) is 12.1 Å². The van der Waals surface area contributed by atoms with Crippen molar-refractivity contribution >= 4 is 11.8 Å². The van der Waals surface area contributed by atoms with Crippen molar-refractivity contribution in [2.24, 2.45) is 0 Å². The van der Waals surface area contributed by atoms with Crippen molar-refractivity contribution in [2.75, 3.05) is 6.54 Å². The molecule has 4 nitrogen and oxygen atoms in total. The Kier molecular flexibility index (Phi) is 5.99. The van der Waals surface area contributed by atoms with Crippen LogP contribution in [0.15, 0.2) is 30.9 Å². The van der Waals surface area contributed by atoms with Crippen LogP contribution in [0.1, 0.15) is 23.2 Å². The predicted octanol–water partition coefficient (Wildman–Crippen LogP) is 2.16. The van der Waals surface area contributed by atoms with Gasteiger partial charge >= 0.3 is 5.97 Å². The van der Waals surface area contributed by atoms with Crippen LogP contribution in [0, 0.1) is 11.6 Å². The van der Waals surface area contributed by atoms with Crippen LogP contribution in [0.25, 0.3) is 0 Å². The number of hydrogen-bond acceptors (Lipinski definition) is 3. The topological polar surface area (TPSA) is 66.4 Å². The Labute approximate surface area is 115 Å². The predicted molar refractivity (Wildman–Crippen MR) is 69.5 cm³/mol. The molecule has 20 heavy (non-hydrogen) atoms. The van der Waals surface area contributed by atoms with E-state index >= 15 is 0 Å². The van der Waals surface area contributed by atoms with Crippen LogP contribution >= 0.6 is 0 Å². The molecule has 1 unspecified atom stereocenters. The van der Waals surface area contributed by atoms with Crippen molar-refractivity contribution < 1.29 is 23.5 Å². The van der Waals surface area contributed by atoms with Crippen LogP contribution in [0.4, 0.5) is 8.78 Å². The fourth-order valence-electron chi connectivity index (χ4n) is 1.67. The summed E-state index contributed by atoms with van der Waals surface area (Å²) in [5.41, 5.74) is -0.00384. The minimum Gasteiger partial charge on any atom is -0.481 e. The molecule has 0 saturated heterocycles. The summed E-state index contributed by atoms with van der Waals surface area (Å²) in [6, 6.07) is 2.06. The standard InChI is InChI=1S/C14H15F2NO3/c1-2-7-17-12(5-6-13(18)19)14(20)9-3-4-10(15)11(16)8-9/h2-4,8,12,17H,1,5-7H2,(H,18,19). The molecule has 1 aromatic carbocycles. The molecule has 1 rings (SSSR count). The Morgan fingerprint density at radius 3 is 2.60 bits per heavy atom. The van der Waals surface area contributed by atoms with E-state index in [1.807, 2.05) is 0 Å². The SMILES string of the molecule is C=CCNC(CCC(=O)O)C(=O)c1ccc(F)c(F)c1. The molecule has 0 radical (unpaired) electrons. The highest BCUT2D eigenvalue weighted by Crippen LogP contribution is 2.13. The molecule has 0 aliphatic carbocycles. The van der Waals surface area contributed by atoms with Gasteiger partial charge in [0.25, 0.3) is 0 Å². The molecular weight excluding hydrogens is 268 g/mol. The fourth-order valence-corrected chi connectivity index (χ4v) is 1.67. The Bertz CT molecular complexity index is 517. The first kappa shape index (κ1) is 16.0. The van der Waals surface area contributed by atoms with Crippen LogP contribution in [0.2, 0.25) is 0 Å². The van der Waals surface area contributed by atoms with Gasteiger partial charge in [-0.05, 0) is 24.6 Å². The number of carboxylic acids is 1. The number of carbonyl (C=O) groups excluding carboxylic acids is 1. The summed E-state index contributed by atoms with van der Waals surface area (Å²) < 4.78 is 25.9. The van der Waals surface area contributed by atoms with Crippen molar-refractivity contribution in [3.05, 3.63) is 48.1 Å². The monoisotopic (exact) mass is 283 g/mol. The lowest BCUT2D eigenvalue weighted by atomic mass is 10.00. The van der Waals surface area contributed by atoms with Gasteiger partial charge in [0, 0.05) is 18.5 Å². The van der Waals surface area contributed by atoms with Crippen molar-refractivity contribution in [1.29, 1.82) is 0 Å². The van der Waals surface area contributed by atoms with Gasteiger partial charge in [0.1, 0.15) is 0 Å². The number of carbonyl (C=O) groups is 2. The molecule has 0 amide bonds. The molecule has 0 aliphatic rings. The molecule has 108 valence electrons. The molecule has 6 heteroatoms. The number of halogens is 2. The van der Waals surface area contributed by atoms with Gasteiger partial charge in [0.05, 0.1) is 6.04 Å². The maximum atomic E-state index is 13.1. The summed E-state index contributed by atoms with van der Waals surface area (Å²) in [7, 11) is 0. The number of benzene rings is 1. The molecule has 0 saturated carbocycles. The molecule has 0 spiro atoms. The van der Waals surface area contributed by atoms with E-state index in [4.69, 9.17) is 5.11 Å². The van der Waals surface area contributed by atoms with Crippen LogP contribution in [-0.2, 0) is 4.79 Å². The third-order valence-corrected chi connectivity index (χ3v) is 2.68. The lowest BCUT2D eigenvalue weighted by Gasteiger charge is -2.16. The van der Waals surface area contributed by atoms with E-state index in [2.05, 4.69) is 11.9 Å². The minimum atomic E-state index is -1.11. The number of rotatable bonds is 8. The maximum absolute atomic E-state index is 13.1. The zero-order chi connectivity index (χ0) is 15.1. The lowest BCUT2D eigenvalue weighted by Crippen LogP contribution is -2.37. The highest BCUT2D eigenvalue weighted by molar-refractivity contribution is 6.00. The Balaban J connectivity index is 2.87. The summed E-state index contributed by atoms with van der Waals surface area (Å²) in [6.45, 7) is 3.79. The number of Topliss-reactive ketones (excluding diaryl/α,β-unsaturated/α-hetero) is 1. The van der Waals surface area contributed by atoms with Crippen molar-refractivity contribution in [3.63, 3.8) is 0 Å². The van der Waals surface area contributed by atoms with Gasteiger partial charge < -0.3 is 10.4 Å². The van der Waals surface area contributed by atoms with Crippen LogP contribution in [0.3, 0.4) is 0 Å². The third-order valence-electron chi connectivity index (χ3n) is 2.68. The first-order valence-corrected chi connectivity index (χ1v) is 6.01. The van der Waals surface area contributed by atoms with Gasteiger partial charge in [-0.15, -0.1) is 6.58 Å². The maximum Gasteiger partial charge on any atom is 0.303 e. The summed E-state index contributed by atoms with van der Waals surface area (Å²) >= 11 is 0. The molecule has 0 heterocycles. The average molecular weight is 283 g/mol. The number of nitrogens with one attached hydrogen (secondary N) is 1. The summed E-state index contributed by atoms with van der Waals surface area (Å²) in [6.07, 6.45) is 1.37. The number of carboxylic acid groups (broad SMARTS) is 1. The normalized spacial score (nSPS) is 11.9. The zero-order valence-corrected chi connectivity index (χ0v) is 10.7. The summed E-state index contributed by atoms with van der Waals surface area (Å²) in [5.74, 6) is -3.67. The molecular formula is C14H15F2NO3. The summed E-state index contributed by atoms with van der Waals surface area (Å²) in [4.78, 5) is 22.7. The quantitative estimate of drug-likeness (QED) is 0.567. The van der Waals surface area contributed by atoms with Gasteiger partial charge in [0.15, 0.2) is 17.4 Å². The van der Waals surface area contributed by atoms with Crippen molar-refractivity contribution in [1.82, 2.24) is 5.32 Å². The highest BCUT2D eigenvalue weighted by atomic mass is 19.2. The number of aliphatic carboxylic acids is 1. The van der Waals surface area contributed by atoms with Gasteiger partial charge in [0.2, 0.25) is 0 Å². The van der Waals surface area contributed by atoms with Crippen LogP contribution in [0.5, 0.6) is 0 Å². The number of ketones is 1. The van der Waals surface area contributed by atoms with E-state index in [0.29, 0.717) is 6.54 Å². The zero-order valence-electron chi connectivity index (χ0n) is 10.7. The second-order valence-electron chi connectivity index (χ2n) is 4.18. The first-order chi connectivity index (χ1) is 9.45. The number of hydrogen-bond donors (Lipinski definition) is 2. The largest absolute Gasteiger partial charge is 0.481 e. The van der Waals surface area contributed by atoms with Gasteiger partial charge in [-0.1, -0.05) is 6.08 Å². The highest BCUT2D eigenvalue weighted by Gasteiger charge is 2.21. The first-order valence-electron chi connectivity index (χ1n) is 6.01. The lowest BCUT2D eigenvalue weighted by molar-refractivity contribution is -0.137. The van der Waals surface area contributed by atoms with Crippen molar-refractivity contribution in [3.8, 4) is 0 Å². The van der Waals surface area contributed by atoms with Crippen LogP contribution in [-0.4, -0.2) is 29.4 Å². The Morgan fingerprint density at radius 1 is 1.35 bits per heavy atom. The van der Waals surface area contributed by atoms with E-state index in [1.54, 1.807) is 0 Å². The Morgan fingerprint density at radius 2 is 2.05 bits per heavy atom. The van der Waals surface area contributed by atoms with Gasteiger partial charge in [-0.3, -0.25) is 9.59 Å². The van der Waals surface area contributed by atoms with E-state index in [-0.39, 0.29) is 18.4 Å². The smallest absolute Gasteiger partial charge is 0.303 e. The summed E-state index contributed by atoms with van der Waals surface area (Å²) in [5, 5.41) is 11.5. The van der Waals surface area contributed by atoms with Crippen molar-refractivity contribution in [2.45, 2.75) is 18.9 Å². The van der Waals surface area contributed by atoms with E-state index < -0.39 is 29.4 Å². The third kappa shape index (κ3) is 4.55. The second kappa shape index (κ2) is 7.49. The Hall–Kier alpha value is -2.08.